The minimum atomic E-state index is -0.704. The first-order valence-electron chi connectivity index (χ1n) is 13.8. The zero-order chi connectivity index (χ0) is 27.8. The Morgan fingerprint density at radius 1 is 1.03 bits per heavy atom. The molecule has 3 heterocycles. The van der Waals surface area contributed by atoms with Crippen LogP contribution in [-0.4, -0.2) is 56.4 Å². The van der Waals surface area contributed by atoms with E-state index < -0.39 is 27.4 Å². The molecule has 3 aliphatic rings. The van der Waals surface area contributed by atoms with Gasteiger partial charge in [-0.1, -0.05) is 54.8 Å². The Kier molecular flexibility index (Phi) is 8.00. The van der Waals surface area contributed by atoms with E-state index in [1.165, 1.54) is 0 Å². The molecule has 39 heavy (non-hydrogen) atoms. The standard InChI is InChI=1S/C30H36ClN3O4S/c1-19-11-10-14-21(31)24(19)33-27(37)25-30-16-15-29(2,39-30)22(26(36)32-20-12-6-5-7-13-20)23(30)28(38)34(25)17-8-3-4-9-18-35/h5-7,10-14,22-23,25,35H,3-4,8-9,15-18H2,1-2H3,(H,32,36)(H,33,37)/t22-,23+,25?,29+,30?/m1/s1. The lowest BCUT2D eigenvalue weighted by atomic mass is 9.66. The average Bonchev–Trinajstić information content (AvgIpc) is 3.47. The van der Waals surface area contributed by atoms with E-state index in [2.05, 4.69) is 17.6 Å². The van der Waals surface area contributed by atoms with Gasteiger partial charge in [-0.2, -0.15) is 0 Å². The number of carbonyl (C=O) groups excluding carboxylic acids is 3. The van der Waals surface area contributed by atoms with Gasteiger partial charge in [0, 0.05) is 23.6 Å². The van der Waals surface area contributed by atoms with Crippen LogP contribution in [0.2, 0.25) is 5.02 Å². The monoisotopic (exact) mass is 569 g/mol. The number of anilines is 2. The quantitative estimate of drug-likeness (QED) is 0.339. The van der Waals surface area contributed by atoms with Gasteiger partial charge >= 0.3 is 0 Å². The molecule has 2 aromatic rings. The van der Waals surface area contributed by atoms with Crippen molar-refractivity contribution < 1.29 is 19.5 Å². The topological polar surface area (TPSA) is 98.7 Å². The minimum Gasteiger partial charge on any atom is -0.396 e. The normalized spacial score (nSPS) is 29.0. The maximum Gasteiger partial charge on any atom is 0.248 e. The molecule has 3 aliphatic heterocycles. The summed E-state index contributed by atoms with van der Waals surface area (Å²) >= 11 is 8.11. The van der Waals surface area contributed by atoms with Crippen molar-refractivity contribution in [3.8, 4) is 0 Å². The summed E-state index contributed by atoms with van der Waals surface area (Å²) in [6.45, 7) is 4.54. The molecule has 3 N–H and O–H groups in total. The second-order valence-electron chi connectivity index (χ2n) is 11.2. The predicted octanol–water partition coefficient (Wildman–Crippen LogP) is 5.26. The van der Waals surface area contributed by atoms with Crippen LogP contribution in [0.15, 0.2) is 48.5 Å². The highest BCUT2D eigenvalue weighted by Gasteiger charge is 2.77. The van der Waals surface area contributed by atoms with Gasteiger partial charge in [0.1, 0.15) is 6.04 Å². The van der Waals surface area contributed by atoms with Gasteiger partial charge in [-0.15, -0.1) is 11.8 Å². The highest BCUT2D eigenvalue weighted by molar-refractivity contribution is 8.02. The molecule has 0 aromatic heterocycles. The number of rotatable bonds is 10. The van der Waals surface area contributed by atoms with E-state index in [4.69, 9.17) is 16.7 Å². The smallest absolute Gasteiger partial charge is 0.248 e. The fourth-order valence-corrected chi connectivity index (χ4v) is 9.46. The van der Waals surface area contributed by atoms with E-state index >= 15 is 0 Å². The van der Waals surface area contributed by atoms with Crippen molar-refractivity contribution in [1.29, 1.82) is 0 Å². The lowest BCUT2D eigenvalue weighted by Crippen LogP contribution is -2.52. The van der Waals surface area contributed by atoms with Crippen molar-refractivity contribution in [2.45, 2.75) is 67.9 Å². The molecule has 2 bridgehead atoms. The summed E-state index contributed by atoms with van der Waals surface area (Å²) in [5.74, 6) is -1.65. The second-order valence-corrected chi connectivity index (χ2v) is 13.5. The maximum absolute atomic E-state index is 14.2. The van der Waals surface area contributed by atoms with Crippen molar-refractivity contribution >= 4 is 52.5 Å². The average molecular weight is 570 g/mol. The number of nitrogens with zero attached hydrogens (tertiary/aromatic N) is 1. The number of aliphatic hydroxyl groups excluding tert-OH is 1. The van der Waals surface area contributed by atoms with Gasteiger partial charge in [-0.05, 0) is 63.3 Å². The number of thioether (sulfide) groups is 1. The number of hydrogen-bond acceptors (Lipinski definition) is 5. The largest absolute Gasteiger partial charge is 0.396 e. The van der Waals surface area contributed by atoms with Crippen LogP contribution < -0.4 is 10.6 Å². The first-order valence-corrected chi connectivity index (χ1v) is 14.9. The number of likely N-dealkylation sites (tertiary alicyclic amines) is 1. The molecular weight excluding hydrogens is 534 g/mol. The Morgan fingerprint density at radius 2 is 1.77 bits per heavy atom. The lowest BCUT2D eigenvalue weighted by Gasteiger charge is -2.35. The van der Waals surface area contributed by atoms with Gasteiger partial charge < -0.3 is 20.6 Å². The van der Waals surface area contributed by atoms with Gasteiger partial charge in [-0.25, -0.2) is 0 Å². The summed E-state index contributed by atoms with van der Waals surface area (Å²) in [4.78, 5) is 43.8. The first kappa shape index (κ1) is 28.0. The highest BCUT2D eigenvalue weighted by atomic mass is 35.5. The third kappa shape index (κ3) is 4.96. The number of benzene rings is 2. The van der Waals surface area contributed by atoms with E-state index in [0.717, 1.165) is 31.2 Å². The van der Waals surface area contributed by atoms with Gasteiger partial charge in [0.15, 0.2) is 0 Å². The van der Waals surface area contributed by atoms with E-state index in [1.807, 2.05) is 49.4 Å². The summed E-state index contributed by atoms with van der Waals surface area (Å²) < 4.78 is -1.12. The summed E-state index contributed by atoms with van der Waals surface area (Å²) in [7, 11) is 0. The van der Waals surface area contributed by atoms with E-state index in [1.54, 1.807) is 22.7 Å². The summed E-state index contributed by atoms with van der Waals surface area (Å²) in [6, 6.07) is 14.1. The van der Waals surface area contributed by atoms with Gasteiger partial charge in [0.05, 0.1) is 27.3 Å². The molecule has 208 valence electrons. The van der Waals surface area contributed by atoms with Crippen LogP contribution >= 0.6 is 23.4 Å². The Bertz CT molecular complexity index is 1240. The van der Waals surface area contributed by atoms with Gasteiger partial charge in [0.25, 0.3) is 0 Å². The number of aliphatic hydroxyl groups is 1. The van der Waals surface area contributed by atoms with E-state index in [0.29, 0.717) is 35.8 Å². The number of amides is 3. The molecule has 3 saturated heterocycles. The van der Waals surface area contributed by atoms with Gasteiger partial charge in [-0.3, -0.25) is 14.4 Å². The molecule has 5 rings (SSSR count). The number of aryl methyl sites for hydroxylation is 1. The Morgan fingerprint density at radius 3 is 2.49 bits per heavy atom. The summed E-state index contributed by atoms with van der Waals surface area (Å²) in [6.07, 6.45) is 4.60. The van der Waals surface area contributed by atoms with Crippen LogP contribution in [-0.2, 0) is 14.4 Å². The zero-order valence-corrected chi connectivity index (χ0v) is 24.0. The molecular formula is C30H36ClN3O4S. The number of nitrogens with one attached hydrogen (secondary N) is 2. The third-order valence-corrected chi connectivity index (χ3v) is 10.9. The number of unbranched alkanes of at least 4 members (excludes halogenated alkanes) is 3. The van der Waals surface area contributed by atoms with Crippen LogP contribution in [0.3, 0.4) is 0 Å². The molecule has 9 heteroatoms. The second kappa shape index (κ2) is 11.1. The lowest BCUT2D eigenvalue weighted by molar-refractivity contribution is -0.139. The molecule has 3 fully saturated rings. The molecule has 5 atom stereocenters. The molecule has 0 aliphatic carbocycles. The van der Waals surface area contributed by atoms with E-state index in [9.17, 15) is 14.4 Å². The fourth-order valence-electron chi connectivity index (χ4n) is 6.84. The van der Waals surface area contributed by atoms with Crippen LogP contribution in [0, 0.1) is 18.8 Å². The molecule has 2 aromatic carbocycles. The van der Waals surface area contributed by atoms with Crippen LogP contribution in [0.1, 0.15) is 51.0 Å². The Balaban J connectivity index is 1.47. The number of carbonyl (C=O) groups is 3. The molecule has 3 amide bonds. The molecule has 1 spiro atoms. The van der Waals surface area contributed by atoms with Crippen molar-refractivity contribution in [2.75, 3.05) is 23.8 Å². The van der Waals surface area contributed by atoms with Gasteiger partial charge in [0.2, 0.25) is 17.7 Å². The van der Waals surface area contributed by atoms with Crippen molar-refractivity contribution in [3.63, 3.8) is 0 Å². The summed E-state index contributed by atoms with van der Waals surface area (Å²) in [5.41, 5.74) is 2.10. The Hall–Kier alpha value is -2.55. The summed E-state index contributed by atoms with van der Waals surface area (Å²) in [5, 5.41) is 15.7. The van der Waals surface area contributed by atoms with Crippen molar-refractivity contribution in [1.82, 2.24) is 4.90 Å². The van der Waals surface area contributed by atoms with Crippen LogP contribution in [0.25, 0.3) is 0 Å². The van der Waals surface area contributed by atoms with Crippen LogP contribution in [0.4, 0.5) is 11.4 Å². The SMILES string of the molecule is Cc1cccc(Cl)c1NC(=O)C1N(CCCCCCO)C(=O)[C@@H]2[C@H](C(=O)Nc3ccccc3)[C@]3(C)CCC12S3. The first-order chi connectivity index (χ1) is 18.7. The van der Waals surface area contributed by atoms with Crippen molar-refractivity contribution in [2.24, 2.45) is 11.8 Å². The minimum absolute atomic E-state index is 0.114. The number of hydrogen-bond donors (Lipinski definition) is 3. The predicted molar refractivity (Wildman–Crippen MR) is 156 cm³/mol. The third-order valence-electron chi connectivity index (χ3n) is 8.63. The Labute approximate surface area is 239 Å². The van der Waals surface area contributed by atoms with E-state index in [-0.39, 0.29) is 24.3 Å². The molecule has 2 unspecified atom stereocenters. The van der Waals surface area contributed by atoms with Crippen molar-refractivity contribution in [3.05, 3.63) is 59.1 Å². The fraction of sp³-hybridized carbons (Fsp3) is 0.500. The number of halogens is 1. The highest BCUT2D eigenvalue weighted by Crippen LogP contribution is 2.71. The zero-order valence-electron chi connectivity index (χ0n) is 22.4. The molecule has 0 radical (unpaired) electrons. The number of fused-ring (bicyclic) bond motifs is 1. The van der Waals surface area contributed by atoms with Crippen LogP contribution in [0.5, 0.6) is 0 Å². The molecule has 0 saturated carbocycles. The molecule has 7 nitrogen and oxygen atoms in total. The maximum atomic E-state index is 14.2. The number of para-hydroxylation sites is 2.